The average Bonchev–Trinajstić information content (AvgIpc) is 2.52. The van der Waals surface area contributed by atoms with E-state index in [1.165, 1.54) is 38.3 Å². The maximum atomic E-state index is 12.0. The number of nitrogens with one attached hydrogen (secondary N) is 1. The van der Waals surface area contributed by atoms with Crippen molar-refractivity contribution in [3.8, 4) is 5.75 Å². The van der Waals surface area contributed by atoms with Crippen molar-refractivity contribution in [2.24, 2.45) is 0 Å². The van der Waals surface area contributed by atoms with Crippen LogP contribution in [0.1, 0.15) is 20.3 Å². The Labute approximate surface area is 133 Å². The molecule has 0 unspecified atom stereocenters. The number of methoxy groups -OCH3 is 1. The van der Waals surface area contributed by atoms with E-state index in [1.54, 1.807) is 6.08 Å². The van der Waals surface area contributed by atoms with Gasteiger partial charge < -0.3 is 14.8 Å². The number of ether oxygens (including phenoxy) is 2. The van der Waals surface area contributed by atoms with Crippen LogP contribution in [0.2, 0.25) is 0 Å². The van der Waals surface area contributed by atoms with Gasteiger partial charge in [0.15, 0.2) is 6.10 Å². The minimum absolute atomic E-state index is 0.00667. The van der Waals surface area contributed by atoms with Crippen LogP contribution in [0.3, 0.4) is 0 Å². The van der Waals surface area contributed by atoms with Crippen molar-refractivity contribution in [3.05, 3.63) is 40.5 Å². The first kappa shape index (κ1) is 18.1. The lowest BCUT2D eigenvalue weighted by atomic mass is 10.2. The summed E-state index contributed by atoms with van der Waals surface area (Å²) in [6.07, 6.45) is 2.39. The van der Waals surface area contributed by atoms with Gasteiger partial charge >= 0.3 is 5.97 Å². The number of carbonyl (C=O) groups excluding carboxylic acids is 2. The second-order valence-electron chi connectivity index (χ2n) is 4.52. The molecule has 0 heterocycles. The van der Waals surface area contributed by atoms with E-state index < -0.39 is 22.9 Å². The van der Waals surface area contributed by atoms with Crippen LogP contribution < -0.4 is 10.1 Å². The van der Waals surface area contributed by atoms with Crippen LogP contribution in [-0.2, 0) is 14.3 Å². The fraction of sp³-hybridized carbons (Fsp3) is 0.333. The zero-order chi connectivity index (χ0) is 17.4. The number of amides is 1. The molecule has 1 rings (SSSR count). The summed E-state index contributed by atoms with van der Waals surface area (Å²) in [5, 5.41) is 13.4. The van der Waals surface area contributed by atoms with Crippen molar-refractivity contribution < 1.29 is 24.0 Å². The fourth-order valence-corrected chi connectivity index (χ4v) is 1.61. The molecule has 0 aliphatic rings. The summed E-state index contributed by atoms with van der Waals surface area (Å²) < 4.78 is 9.81. The number of carbonyl (C=O) groups is 2. The molecular formula is C15H18N2O6. The van der Waals surface area contributed by atoms with Crippen molar-refractivity contribution in [1.29, 1.82) is 0 Å². The van der Waals surface area contributed by atoms with E-state index in [2.05, 4.69) is 5.32 Å². The first-order chi connectivity index (χ1) is 10.9. The Kier molecular flexibility index (Phi) is 6.72. The molecule has 124 valence electrons. The Bertz CT molecular complexity index is 626. The molecule has 1 atom stereocenters. The second-order valence-corrected chi connectivity index (χ2v) is 4.52. The van der Waals surface area contributed by atoms with E-state index in [9.17, 15) is 19.7 Å². The maximum Gasteiger partial charge on any atom is 0.331 e. The van der Waals surface area contributed by atoms with Crippen LogP contribution in [0.15, 0.2) is 30.4 Å². The fourth-order valence-electron chi connectivity index (χ4n) is 1.61. The lowest BCUT2D eigenvalue weighted by Gasteiger charge is -2.13. The molecule has 0 aromatic heterocycles. The van der Waals surface area contributed by atoms with Gasteiger partial charge in [-0.15, -0.1) is 0 Å². The average molecular weight is 322 g/mol. The summed E-state index contributed by atoms with van der Waals surface area (Å²) in [6.45, 7) is 3.23. The van der Waals surface area contributed by atoms with E-state index in [-0.39, 0.29) is 11.4 Å². The van der Waals surface area contributed by atoms with Gasteiger partial charge in [-0.05, 0) is 25.5 Å². The summed E-state index contributed by atoms with van der Waals surface area (Å²) in [4.78, 5) is 33.8. The van der Waals surface area contributed by atoms with E-state index in [0.717, 1.165) is 0 Å². The standard InChI is InChI=1S/C15H18N2O6/c1-4-5-6-14(18)23-10(2)15(19)16-12-8-7-11(22-3)9-13(12)17(20)21/h5-10H,4H2,1-3H3,(H,16,19)/b6-5+/t10-/m1/s1. The zero-order valence-corrected chi connectivity index (χ0v) is 13.1. The second kappa shape index (κ2) is 8.52. The molecule has 0 radical (unpaired) electrons. The Morgan fingerprint density at radius 2 is 2.13 bits per heavy atom. The van der Waals surface area contributed by atoms with Gasteiger partial charge in [-0.25, -0.2) is 4.79 Å². The molecule has 8 heteroatoms. The van der Waals surface area contributed by atoms with Gasteiger partial charge in [-0.1, -0.05) is 13.0 Å². The highest BCUT2D eigenvalue weighted by Gasteiger charge is 2.21. The van der Waals surface area contributed by atoms with Gasteiger partial charge in [0.05, 0.1) is 18.1 Å². The summed E-state index contributed by atoms with van der Waals surface area (Å²) in [5.74, 6) is -1.03. The lowest BCUT2D eigenvalue weighted by Crippen LogP contribution is -2.29. The minimum atomic E-state index is -1.09. The van der Waals surface area contributed by atoms with Crippen LogP contribution in [0, 0.1) is 10.1 Å². The van der Waals surface area contributed by atoms with Gasteiger partial charge in [0.25, 0.3) is 11.6 Å². The number of nitrogens with zero attached hydrogens (tertiary/aromatic N) is 1. The highest BCUT2D eigenvalue weighted by atomic mass is 16.6. The van der Waals surface area contributed by atoms with Gasteiger partial charge in [0.2, 0.25) is 0 Å². The van der Waals surface area contributed by atoms with Gasteiger partial charge in [-0.2, -0.15) is 0 Å². The van der Waals surface area contributed by atoms with Gasteiger partial charge in [-0.3, -0.25) is 14.9 Å². The Morgan fingerprint density at radius 1 is 1.43 bits per heavy atom. The molecule has 0 saturated carbocycles. The molecule has 0 spiro atoms. The Hall–Kier alpha value is -2.90. The Balaban J connectivity index is 2.82. The van der Waals surface area contributed by atoms with Crippen LogP contribution in [0.4, 0.5) is 11.4 Å². The quantitative estimate of drug-likeness (QED) is 0.357. The first-order valence-corrected chi connectivity index (χ1v) is 6.89. The van der Waals surface area contributed by atoms with E-state index in [4.69, 9.17) is 9.47 Å². The number of anilines is 1. The van der Waals surface area contributed by atoms with E-state index in [0.29, 0.717) is 12.2 Å². The van der Waals surface area contributed by atoms with Crippen molar-refractivity contribution in [2.45, 2.75) is 26.4 Å². The first-order valence-electron chi connectivity index (χ1n) is 6.89. The highest BCUT2D eigenvalue weighted by Crippen LogP contribution is 2.29. The molecule has 0 saturated heterocycles. The molecule has 0 aliphatic heterocycles. The number of rotatable bonds is 7. The zero-order valence-electron chi connectivity index (χ0n) is 13.1. The van der Waals surface area contributed by atoms with Crippen molar-refractivity contribution in [1.82, 2.24) is 0 Å². The Morgan fingerprint density at radius 3 is 2.70 bits per heavy atom. The molecule has 1 amide bonds. The molecule has 23 heavy (non-hydrogen) atoms. The minimum Gasteiger partial charge on any atom is -0.496 e. The number of esters is 1. The SMILES string of the molecule is CC/C=C/C(=O)O[C@H](C)C(=O)Nc1ccc(OC)cc1[N+](=O)[O-]. The number of hydrogen-bond acceptors (Lipinski definition) is 6. The number of benzene rings is 1. The van der Waals surface area contributed by atoms with Crippen LogP contribution >= 0.6 is 0 Å². The number of nitro benzene ring substituents is 1. The largest absolute Gasteiger partial charge is 0.496 e. The summed E-state index contributed by atoms with van der Waals surface area (Å²) in [6, 6.07) is 4.01. The van der Waals surface area contributed by atoms with E-state index >= 15 is 0 Å². The molecular weight excluding hydrogens is 304 g/mol. The summed E-state index contributed by atoms with van der Waals surface area (Å²) in [5.41, 5.74) is -0.324. The molecule has 0 bridgehead atoms. The number of hydrogen-bond donors (Lipinski definition) is 1. The van der Waals surface area contributed by atoms with Crippen LogP contribution in [0.5, 0.6) is 5.75 Å². The lowest BCUT2D eigenvalue weighted by molar-refractivity contribution is -0.384. The van der Waals surface area contributed by atoms with Gasteiger partial charge in [0, 0.05) is 6.08 Å². The number of nitro groups is 1. The third-order valence-corrected chi connectivity index (χ3v) is 2.81. The predicted octanol–water partition coefficient (Wildman–Crippen LogP) is 2.44. The molecule has 1 aromatic carbocycles. The van der Waals surface area contributed by atoms with Gasteiger partial charge in [0.1, 0.15) is 11.4 Å². The normalized spacial score (nSPS) is 11.8. The molecule has 1 aromatic rings. The monoisotopic (exact) mass is 322 g/mol. The van der Waals surface area contributed by atoms with E-state index in [1.807, 2.05) is 6.92 Å². The predicted molar refractivity (Wildman–Crippen MR) is 83.3 cm³/mol. The molecule has 0 fully saturated rings. The highest BCUT2D eigenvalue weighted by molar-refractivity contribution is 5.97. The molecule has 1 N–H and O–H groups in total. The summed E-state index contributed by atoms with van der Waals surface area (Å²) in [7, 11) is 1.38. The van der Waals surface area contributed by atoms with Crippen molar-refractivity contribution in [3.63, 3.8) is 0 Å². The number of allylic oxidation sites excluding steroid dienone is 1. The van der Waals surface area contributed by atoms with Crippen molar-refractivity contribution >= 4 is 23.3 Å². The van der Waals surface area contributed by atoms with Crippen LogP contribution in [-0.4, -0.2) is 30.0 Å². The van der Waals surface area contributed by atoms with Crippen molar-refractivity contribution in [2.75, 3.05) is 12.4 Å². The molecule has 8 nitrogen and oxygen atoms in total. The third-order valence-electron chi connectivity index (χ3n) is 2.81. The topological polar surface area (TPSA) is 108 Å². The maximum absolute atomic E-state index is 12.0. The summed E-state index contributed by atoms with van der Waals surface area (Å²) >= 11 is 0. The smallest absolute Gasteiger partial charge is 0.331 e. The molecule has 0 aliphatic carbocycles. The third kappa shape index (κ3) is 5.42. The van der Waals surface area contributed by atoms with Crippen LogP contribution in [0.25, 0.3) is 0 Å².